The van der Waals surface area contributed by atoms with Crippen molar-refractivity contribution in [3.63, 3.8) is 0 Å². The third-order valence-electron chi connectivity index (χ3n) is 1.88. The maximum Gasteiger partial charge on any atom is 0.137 e. The van der Waals surface area contributed by atoms with Crippen LogP contribution in [0.4, 0.5) is 0 Å². The molecule has 1 aliphatic rings. The van der Waals surface area contributed by atoms with Crippen molar-refractivity contribution in [2.45, 2.75) is 19.1 Å². The Balaban J connectivity index is 2.50. The second-order valence-corrected chi connectivity index (χ2v) is 2.50. The fraction of sp³-hybridized carbons (Fsp3) is 0.833. The second kappa shape index (κ2) is 2.45. The van der Waals surface area contributed by atoms with Gasteiger partial charge in [-0.3, -0.25) is 0 Å². The van der Waals surface area contributed by atoms with E-state index in [0.29, 0.717) is 6.54 Å². The highest BCUT2D eigenvalue weighted by atomic mass is 16.3. The lowest BCUT2D eigenvalue weighted by Crippen LogP contribution is -2.27. The Morgan fingerprint density at radius 3 is 2.67 bits per heavy atom. The zero-order valence-electron chi connectivity index (χ0n) is 5.37. The third kappa shape index (κ3) is 1.11. The van der Waals surface area contributed by atoms with E-state index in [1.807, 2.05) is 6.92 Å². The number of carbonyl (C=O) groups is 1. The van der Waals surface area contributed by atoms with Crippen molar-refractivity contribution in [2.75, 3.05) is 6.54 Å². The molecule has 0 radical (unpaired) electrons. The van der Waals surface area contributed by atoms with E-state index >= 15 is 0 Å². The molecule has 1 saturated heterocycles. The van der Waals surface area contributed by atoms with Gasteiger partial charge in [0.2, 0.25) is 0 Å². The van der Waals surface area contributed by atoms with Crippen molar-refractivity contribution in [2.24, 2.45) is 5.92 Å². The summed E-state index contributed by atoms with van der Waals surface area (Å²) in [6.07, 6.45) is 0.501. The Hall–Kier alpha value is -0.410. The van der Waals surface area contributed by atoms with Crippen molar-refractivity contribution in [3.8, 4) is 0 Å². The van der Waals surface area contributed by atoms with Gasteiger partial charge in [0.15, 0.2) is 0 Å². The first-order valence-corrected chi connectivity index (χ1v) is 3.12. The van der Waals surface area contributed by atoms with E-state index in [4.69, 9.17) is 5.11 Å². The molecule has 3 nitrogen and oxygen atoms in total. The molecule has 0 amide bonds. The number of nitrogens with one attached hydrogen (secondary N) is 1. The molecule has 0 bridgehead atoms. The number of carbonyl (C=O) groups excluding carboxylic acids is 1. The van der Waals surface area contributed by atoms with Crippen LogP contribution in [0.3, 0.4) is 0 Å². The van der Waals surface area contributed by atoms with Crippen LogP contribution in [0.5, 0.6) is 0 Å². The second-order valence-electron chi connectivity index (χ2n) is 2.50. The predicted molar refractivity (Wildman–Crippen MR) is 33.0 cm³/mol. The lowest BCUT2D eigenvalue weighted by atomic mass is 10.0. The van der Waals surface area contributed by atoms with Gasteiger partial charge in [0, 0.05) is 12.5 Å². The van der Waals surface area contributed by atoms with Crippen LogP contribution in [0.25, 0.3) is 0 Å². The SMILES string of the molecule is C[C@@H]1[C@@H](O)CN[C@@H]1C=O. The van der Waals surface area contributed by atoms with E-state index in [0.717, 1.165) is 6.29 Å². The monoisotopic (exact) mass is 129 g/mol. The van der Waals surface area contributed by atoms with Gasteiger partial charge in [0.1, 0.15) is 6.29 Å². The number of rotatable bonds is 1. The molecule has 1 aliphatic heterocycles. The number of aliphatic hydroxyl groups is 1. The maximum absolute atomic E-state index is 10.2. The summed E-state index contributed by atoms with van der Waals surface area (Å²) in [7, 11) is 0. The van der Waals surface area contributed by atoms with Crippen LogP contribution < -0.4 is 5.32 Å². The molecule has 1 rings (SSSR count). The van der Waals surface area contributed by atoms with Crippen LogP contribution in [0.2, 0.25) is 0 Å². The normalized spacial score (nSPS) is 43.1. The molecule has 1 heterocycles. The van der Waals surface area contributed by atoms with Gasteiger partial charge in [-0.05, 0) is 0 Å². The van der Waals surface area contributed by atoms with Gasteiger partial charge in [0.05, 0.1) is 12.1 Å². The Labute approximate surface area is 54.1 Å². The Bertz CT molecular complexity index is 116. The number of hydrogen-bond acceptors (Lipinski definition) is 3. The maximum atomic E-state index is 10.2. The molecule has 1 fully saturated rings. The van der Waals surface area contributed by atoms with E-state index in [1.165, 1.54) is 0 Å². The molecular formula is C6H11NO2. The number of aldehydes is 1. The topological polar surface area (TPSA) is 49.3 Å². The fourth-order valence-electron chi connectivity index (χ4n) is 1.04. The molecule has 0 aromatic heterocycles. The van der Waals surface area contributed by atoms with Gasteiger partial charge in [-0.15, -0.1) is 0 Å². The highest BCUT2D eigenvalue weighted by Crippen LogP contribution is 2.12. The summed E-state index contributed by atoms with van der Waals surface area (Å²) in [5.41, 5.74) is 0. The van der Waals surface area contributed by atoms with Crippen molar-refractivity contribution < 1.29 is 9.90 Å². The van der Waals surface area contributed by atoms with Crippen molar-refractivity contribution in [1.82, 2.24) is 5.32 Å². The van der Waals surface area contributed by atoms with E-state index in [9.17, 15) is 4.79 Å². The Morgan fingerprint density at radius 2 is 2.44 bits per heavy atom. The predicted octanol–water partition coefficient (Wildman–Crippen LogP) is -0.846. The third-order valence-corrected chi connectivity index (χ3v) is 1.88. The van der Waals surface area contributed by atoms with E-state index < -0.39 is 0 Å². The average Bonchev–Trinajstić information content (AvgIpc) is 2.15. The fourth-order valence-corrected chi connectivity index (χ4v) is 1.04. The van der Waals surface area contributed by atoms with E-state index in [-0.39, 0.29) is 18.1 Å². The smallest absolute Gasteiger partial charge is 0.137 e. The minimum absolute atomic E-state index is 0.0718. The molecule has 0 saturated carbocycles. The molecule has 0 spiro atoms. The molecule has 0 aromatic carbocycles. The summed E-state index contributed by atoms with van der Waals surface area (Å²) in [6, 6.07) is -0.139. The first-order valence-electron chi connectivity index (χ1n) is 3.12. The molecule has 2 N–H and O–H groups in total. The average molecular weight is 129 g/mol. The first-order chi connectivity index (χ1) is 4.25. The van der Waals surface area contributed by atoms with Gasteiger partial charge in [0.25, 0.3) is 0 Å². The van der Waals surface area contributed by atoms with Crippen LogP contribution in [0, 0.1) is 5.92 Å². The molecule has 0 aromatic rings. The zero-order chi connectivity index (χ0) is 6.85. The number of β-amino-alcohol motifs (C(OH)–C–C–N with tert-alkyl or cyclic N) is 1. The lowest BCUT2D eigenvalue weighted by molar-refractivity contribution is -0.110. The van der Waals surface area contributed by atoms with Crippen LogP contribution in [-0.2, 0) is 4.79 Å². The number of hydrogen-bond donors (Lipinski definition) is 2. The highest BCUT2D eigenvalue weighted by molar-refractivity contribution is 5.58. The van der Waals surface area contributed by atoms with Gasteiger partial charge in [-0.2, -0.15) is 0 Å². The van der Waals surface area contributed by atoms with Gasteiger partial charge >= 0.3 is 0 Å². The van der Waals surface area contributed by atoms with Crippen LogP contribution in [0.1, 0.15) is 6.92 Å². The van der Waals surface area contributed by atoms with E-state index in [1.54, 1.807) is 0 Å². The lowest BCUT2D eigenvalue weighted by Gasteiger charge is -2.08. The molecule has 52 valence electrons. The number of aliphatic hydroxyl groups excluding tert-OH is 1. The standard InChI is InChI=1S/C6H11NO2/c1-4-5(3-8)7-2-6(4)9/h3-7,9H,2H2,1H3/t4-,5+,6-/m0/s1. The van der Waals surface area contributed by atoms with E-state index in [2.05, 4.69) is 5.32 Å². The van der Waals surface area contributed by atoms with Crippen LogP contribution in [0.15, 0.2) is 0 Å². The van der Waals surface area contributed by atoms with Crippen LogP contribution in [-0.4, -0.2) is 30.1 Å². The Morgan fingerprint density at radius 1 is 1.78 bits per heavy atom. The van der Waals surface area contributed by atoms with Crippen molar-refractivity contribution in [3.05, 3.63) is 0 Å². The summed E-state index contributed by atoms with van der Waals surface area (Å²) in [6.45, 7) is 2.41. The molecule has 9 heavy (non-hydrogen) atoms. The minimum Gasteiger partial charge on any atom is -0.391 e. The summed E-state index contributed by atoms with van der Waals surface area (Å²) in [5.74, 6) is 0.0718. The van der Waals surface area contributed by atoms with Gasteiger partial charge in [-0.1, -0.05) is 6.92 Å². The summed E-state index contributed by atoms with van der Waals surface area (Å²) in [5, 5.41) is 12.0. The summed E-state index contributed by atoms with van der Waals surface area (Å²) in [4.78, 5) is 10.2. The highest BCUT2D eigenvalue weighted by Gasteiger charge is 2.29. The minimum atomic E-state index is -0.347. The van der Waals surface area contributed by atoms with Crippen molar-refractivity contribution in [1.29, 1.82) is 0 Å². The van der Waals surface area contributed by atoms with Crippen LogP contribution >= 0.6 is 0 Å². The largest absolute Gasteiger partial charge is 0.391 e. The summed E-state index contributed by atoms with van der Waals surface area (Å²) < 4.78 is 0. The Kier molecular flexibility index (Phi) is 1.83. The first kappa shape index (κ1) is 6.71. The van der Waals surface area contributed by atoms with Gasteiger partial charge in [-0.25, -0.2) is 0 Å². The molecule has 3 heteroatoms. The molecule has 0 unspecified atom stereocenters. The van der Waals surface area contributed by atoms with Crippen molar-refractivity contribution >= 4 is 6.29 Å². The zero-order valence-corrected chi connectivity index (χ0v) is 5.37. The summed E-state index contributed by atoms with van der Waals surface area (Å²) >= 11 is 0. The molecule has 3 atom stereocenters. The quantitative estimate of drug-likeness (QED) is 0.454. The van der Waals surface area contributed by atoms with Gasteiger partial charge < -0.3 is 15.2 Å². The molecule has 0 aliphatic carbocycles. The molecular weight excluding hydrogens is 118 g/mol.